The van der Waals surface area contributed by atoms with Crippen molar-refractivity contribution in [3.8, 4) is 0 Å². The predicted molar refractivity (Wildman–Crippen MR) is 88.3 cm³/mol. The molecule has 0 spiro atoms. The second-order valence-electron chi connectivity index (χ2n) is 6.30. The fourth-order valence-corrected chi connectivity index (χ4v) is 3.89. The molecule has 0 bridgehead atoms. The van der Waals surface area contributed by atoms with Gasteiger partial charge in [0.15, 0.2) is 0 Å². The number of nitrogens with one attached hydrogen (secondary N) is 1. The molecule has 1 atom stereocenters. The molecule has 1 saturated carbocycles. The van der Waals surface area contributed by atoms with Crippen LogP contribution in [-0.4, -0.2) is 21.0 Å². The fourth-order valence-electron chi connectivity index (χ4n) is 2.64. The van der Waals surface area contributed by atoms with Crippen molar-refractivity contribution in [3.05, 3.63) is 23.1 Å². The molecule has 0 aromatic carbocycles. The Morgan fingerprint density at radius 3 is 2.81 bits per heavy atom. The topological polar surface area (TPSA) is 50.7 Å². The molecule has 3 aromatic heterocycles. The second kappa shape index (κ2) is 4.27. The molecule has 1 fully saturated rings. The van der Waals surface area contributed by atoms with E-state index in [-0.39, 0.29) is 0 Å². The lowest BCUT2D eigenvalue weighted by Crippen LogP contribution is -2.09. The zero-order chi connectivity index (χ0) is 14.8. The molecule has 0 aliphatic heterocycles. The Kier molecular flexibility index (Phi) is 2.69. The molecule has 4 rings (SSSR count). The standard InChI is InChI=1S/C15H15ClN4S/c1-7-8(16)5-17-14-10(7)11-12(21-14)13(19-6-18-11)20-9-4-15(9,2)3/h5-6,9H,4H2,1-3H3,(H,18,19,20). The average molecular weight is 319 g/mol. The van der Waals surface area contributed by atoms with E-state index in [1.807, 2.05) is 6.92 Å². The number of nitrogens with zero attached hydrogens (tertiary/aromatic N) is 3. The summed E-state index contributed by atoms with van der Waals surface area (Å²) in [6.07, 6.45) is 4.50. The van der Waals surface area contributed by atoms with E-state index in [1.165, 1.54) is 6.42 Å². The first-order chi connectivity index (χ1) is 9.97. The number of fused-ring (bicyclic) bond motifs is 3. The van der Waals surface area contributed by atoms with Crippen LogP contribution < -0.4 is 5.32 Å². The quantitative estimate of drug-likeness (QED) is 0.760. The molecule has 4 nitrogen and oxygen atoms in total. The number of anilines is 1. The summed E-state index contributed by atoms with van der Waals surface area (Å²) in [6, 6.07) is 0.485. The smallest absolute Gasteiger partial charge is 0.147 e. The molecule has 0 amide bonds. The number of aryl methyl sites for hydroxylation is 1. The van der Waals surface area contributed by atoms with E-state index < -0.39 is 0 Å². The molecule has 3 heterocycles. The van der Waals surface area contributed by atoms with Crippen molar-refractivity contribution in [2.75, 3.05) is 5.32 Å². The van der Waals surface area contributed by atoms with Crippen LogP contribution in [0.2, 0.25) is 5.02 Å². The van der Waals surface area contributed by atoms with Crippen molar-refractivity contribution in [2.45, 2.75) is 33.2 Å². The minimum Gasteiger partial charge on any atom is -0.365 e. The maximum atomic E-state index is 6.20. The van der Waals surface area contributed by atoms with Crippen LogP contribution in [0, 0.1) is 12.3 Å². The van der Waals surface area contributed by atoms with E-state index in [2.05, 4.69) is 34.1 Å². The highest BCUT2D eigenvalue weighted by atomic mass is 35.5. The number of rotatable bonds is 2. The molecule has 0 saturated heterocycles. The van der Waals surface area contributed by atoms with Gasteiger partial charge in [-0.25, -0.2) is 15.0 Å². The van der Waals surface area contributed by atoms with E-state index >= 15 is 0 Å². The number of pyridine rings is 1. The van der Waals surface area contributed by atoms with Crippen LogP contribution in [0.25, 0.3) is 20.4 Å². The minimum atomic E-state index is 0.353. The number of halogens is 1. The van der Waals surface area contributed by atoms with E-state index in [0.29, 0.717) is 16.5 Å². The molecule has 1 aliphatic carbocycles. The number of hydrogen-bond acceptors (Lipinski definition) is 5. The highest BCUT2D eigenvalue weighted by molar-refractivity contribution is 7.26. The van der Waals surface area contributed by atoms with Gasteiger partial charge in [0, 0.05) is 17.6 Å². The summed E-state index contributed by atoms with van der Waals surface area (Å²) in [6.45, 7) is 6.54. The van der Waals surface area contributed by atoms with Crippen LogP contribution >= 0.6 is 22.9 Å². The SMILES string of the molecule is Cc1c(Cl)cnc2sc3c(NC4CC4(C)C)ncnc3c12. The highest BCUT2D eigenvalue weighted by Gasteiger charge is 2.46. The Labute approximate surface area is 131 Å². The summed E-state index contributed by atoms with van der Waals surface area (Å²) in [7, 11) is 0. The first-order valence-corrected chi connectivity index (χ1v) is 8.11. The van der Waals surface area contributed by atoms with E-state index in [4.69, 9.17) is 11.6 Å². The van der Waals surface area contributed by atoms with E-state index in [0.717, 1.165) is 31.8 Å². The Balaban J connectivity index is 1.92. The number of aromatic nitrogens is 3. The molecule has 3 aromatic rings. The van der Waals surface area contributed by atoms with E-state index in [1.54, 1.807) is 23.9 Å². The van der Waals surface area contributed by atoms with Crippen LogP contribution in [-0.2, 0) is 0 Å². The van der Waals surface area contributed by atoms with Gasteiger partial charge in [0.05, 0.1) is 15.2 Å². The van der Waals surface area contributed by atoms with Gasteiger partial charge in [-0.3, -0.25) is 0 Å². The lowest BCUT2D eigenvalue weighted by Gasteiger charge is -2.07. The molecule has 6 heteroatoms. The van der Waals surface area contributed by atoms with Crippen molar-refractivity contribution < 1.29 is 0 Å². The van der Waals surface area contributed by atoms with Crippen molar-refractivity contribution >= 4 is 49.2 Å². The summed E-state index contributed by atoms with van der Waals surface area (Å²) < 4.78 is 1.06. The van der Waals surface area contributed by atoms with E-state index in [9.17, 15) is 0 Å². The Morgan fingerprint density at radius 1 is 1.33 bits per heavy atom. The third kappa shape index (κ3) is 1.99. The maximum absolute atomic E-state index is 6.20. The van der Waals surface area contributed by atoms with Crippen LogP contribution in [0.15, 0.2) is 12.5 Å². The summed E-state index contributed by atoms with van der Waals surface area (Å²) in [5, 5.41) is 5.27. The van der Waals surface area contributed by atoms with Gasteiger partial charge in [-0.2, -0.15) is 0 Å². The van der Waals surface area contributed by atoms with Gasteiger partial charge in [0.25, 0.3) is 0 Å². The molecule has 1 N–H and O–H groups in total. The number of hydrogen-bond donors (Lipinski definition) is 1. The predicted octanol–water partition coefficient (Wildman–Crippen LogP) is 4.41. The molecule has 0 radical (unpaired) electrons. The summed E-state index contributed by atoms with van der Waals surface area (Å²) >= 11 is 7.82. The third-order valence-electron chi connectivity index (χ3n) is 4.31. The minimum absolute atomic E-state index is 0.353. The summed E-state index contributed by atoms with van der Waals surface area (Å²) in [4.78, 5) is 14.3. The monoisotopic (exact) mass is 318 g/mol. The highest BCUT2D eigenvalue weighted by Crippen LogP contribution is 2.47. The summed E-state index contributed by atoms with van der Waals surface area (Å²) in [5.41, 5.74) is 2.33. The molecule has 21 heavy (non-hydrogen) atoms. The van der Waals surface area contributed by atoms with Crippen LogP contribution in [0.5, 0.6) is 0 Å². The van der Waals surface area contributed by atoms with Gasteiger partial charge >= 0.3 is 0 Å². The largest absolute Gasteiger partial charge is 0.365 e. The molecule has 108 valence electrons. The Morgan fingerprint density at radius 2 is 2.10 bits per heavy atom. The van der Waals surface area contributed by atoms with Crippen LogP contribution in [0.1, 0.15) is 25.8 Å². The second-order valence-corrected chi connectivity index (χ2v) is 7.71. The van der Waals surface area contributed by atoms with Crippen LogP contribution in [0.3, 0.4) is 0 Å². The van der Waals surface area contributed by atoms with Crippen LogP contribution in [0.4, 0.5) is 5.82 Å². The fraction of sp³-hybridized carbons (Fsp3) is 0.400. The van der Waals surface area contributed by atoms with Crippen molar-refractivity contribution in [1.82, 2.24) is 15.0 Å². The first kappa shape index (κ1) is 13.2. The Bertz CT molecular complexity index is 871. The molecular weight excluding hydrogens is 304 g/mol. The zero-order valence-corrected chi connectivity index (χ0v) is 13.6. The molecule has 1 aliphatic rings. The number of thiophene rings is 1. The van der Waals surface area contributed by atoms with Gasteiger partial charge in [0.1, 0.15) is 17.0 Å². The third-order valence-corrected chi connectivity index (χ3v) is 5.78. The molecule has 1 unspecified atom stereocenters. The first-order valence-electron chi connectivity index (χ1n) is 6.92. The maximum Gasteiger partial charge on any atom is 0.147 e. The van der Waals surface area contributed by atoms with Gasteiger partial charge in [-0.05, 0) is 24.3 Å². The van der Waals surface area contributed by atoms with Gasteiger partial charge in [-0.15, -0.1) is 11.3 Å². The lowest BCUT2D eigenvalue weighted by molar-refractivity contribution is 0.630. The van der Waals surface area contributed by atoms with Crippen molar-refractivity contribution in [1.29, 1.82) is 0 Å². The van der Waals surface area contributed by atoms with Gasteiger partial charge in [-0.1, -0.05) is 25.4 Å². The average Bonchev–Trinajstić information content (AvgIpc) is 2.87. The zero-order valence-electron chi connectivity index (χ0n) is 12.1. The van der Waals surface area contributed by atoms with Gasteiger partial charge < -0.3 is 5.32 Å². The Hall–Kier alpha value is -1.46. The lowest BCUT2D eigenvalue weighted by atomic mass is 10.2. The normalized spacial score (nSPS) is 20.1. The van der Waals surface area contributed by atoms with Crippen molar-refractivity contribution in [3.63, 3.8) is 0 Å². The van der Waals surface area contributed by atoms with Crippen molar-refractivity contribution in [2.24, 2.45) is 5.41 Å². The van der Waals surface area contributed by atoms with Gasteiger partial charge in [0.2, 0.25) is 0 Å². The summed E-state index contributed by atoms with van der Waals surface area (Å²) in [5.74, 6) is 0.911. The molecular formula is C15H15ClN4S.